The number of nitrogens with two attached hydrogens (primary N) is 2. The van der Waals surface area contributed by atoms with Crippen LogP contribution in [0.25, 0.3) is 0 Å². The summed E-state index contributed by atoms with van der Waals surface area (Å²) in [6.07, 6.45) is 9.83. The highest BCUT2D eigenvalue weighted by Gasteiger charge is 2.41. The van der Waals surface area contributed by atoms with Crippen molar-refractivity contribution in [1.29, 1.82) is 0 Å². The van der Waals surface area contributed by atoms with E-state index < -0.39 is 51.7 Å². The Morgan fingerprint density at radius 1 is 0.976 bits per heavy atom. The summed E-state index contributed by atoms with van der Waals surface area (Å²) in [6, 6.07) is 1.21. The zero-order valence-electron chi connectivity index (χ0n) is 22.2. The third kappa shape index (κ3) is 5.69. The molecule has 2 heterocycles. The van der Waals surface area contributed by atoms with E-state index in [1.165, 1.54) is 23.0 Å². The number of hydrogen-bond acceptors (Lipinski definition) is 6. The van der Waals surface area contributed by atoms with Gasteiger partial charge in [-0.1, -0.05) is 19.3 Å². The SMILES string of the molecule is Nc1cc(N(Cc2cnc(C3CCCCC3)cn2)C(=O)[C@H]2CCN2Sc2c(F)c(F)c(F)c(F)c2F)c(F)cc1C=[NH2+]. The van der Waals surface area contributed by atoms with Gasteiger partial charge in [0.15, 0.2) is 29.5 Å². The van der Waals surface area contributed by atoms with E-state index in [4.69, 9.17) is 11.1 Å². The van der Waals surface area contributed by atoms with Crippen LogP contribution in [-0.2, 0) is 11.3 Å². The molecule has 4 N–H and O–H groups in total. The predicted octanol–water partition coefficient (Wildman–Crippen LogP) is 4.43. The molecule has 0 bridgehead atoms. The van der Waals surface area contributed by atoms with Crippen molar-refractivity contribution in [3.8, 4) is 0 Å². The summed E-state index contributed by atoms with van der Waals surface area (Å²) in [6.45, 7) is -0.133. The van der Waals surface area contributed by atoms with Crippen LogP contribution in [0.15, 0.2) is 29.4 Å². The van der Waals surface area contributed by atoms with Crippen LogP contribution in [0, 0.1) is 34.9 Å². The lowest BCUT2D eigenvalue weighted by atomic mass is 9.87. The van der Waals surface area contributed by atoms with Crippen LogP contribution in [0.4, 0.5) is 37.7 Å². The van der Waals surface area contributed by atoms with Crippen LogP contribution < -0.4 is 16.0 Å². The van der Waals surface area contributed by atoms with Crippen molar-refractivity contribution in [1.82, 2.24) is 14.3 Å². The number of carbonyl (C=O) groups excluding carboxylic acids is 1. The lowest BCUT2D eigenvalue weighted by molar-refractivity contribution is -0.124. The van der Waals surface area contributed by atoms with E-state index >= 15 is 4.39 Å². The van der Waals surface area contributed by atoms with Crippen molar-refractivity contribution in [2.45, 2.75) is 61.9 Å². The molecule has 1 amide bonds. The molecular formula is C28H27F6N6OS+. The van der Waals surface area contributed by atoms with E-state index in [1.54, 1.807) is 6.20 Å². The molecule has 0 unspecified atom stereocenters. The second-order valence-electron chi connectivity index (χ2n) is 10.2. The number of aromatic nitrogens is 2. The van der Waals surface area contributed by atoms with Gasteiger partial charge in [-0.15, -0.1) is 0 Å². The van der Waals surface area contributed by atoms with Crippen LogP contribution in [0.3, 0.4) is 0 Å². The molecule has 2 fully saturated rings. The number of nitrogen functional groups attached to an aromatic ring is 1. The second kappa shape index (κ2) is 12.3. The first kappa shape index (κ1) is 29.8. The van der Waals surface area contributed by atoms with Gasteiger partial charge in [0.1, 0.15) is 16.8 Å². The quantitative estimate of drug-likeness (QED) is 0.0979. The average molecular weight is 610 g/mol. The third-order valence-electron chi connectivity index (χ3n) is 7.59. The summed E-state index contributed by atoms with van der Waals surface area (Å²) >= 11 is 0.228. The van der Waals surface area contributed by atoms with Crippen LogP contribution >= 0.6 is 11.9 Å². The largest absolute Gasteiger partial charge is 0.398 e. The first-order valence-corrected chi connectivity index (χ1v) is 14.1. The average Bonchev–Trinajstić information content (AvgIpc) is 2.99. The molecule has 222 valence electrons. The van der Waals surface area contributed by atoms with Gasteiger partial charge in [0, 0.05) is 24.3 Å². The predicted molar refractivity (Wildman–Crippen MR) is 144 cm³/mol. The Hall–Kier alpha value is -3.65. The van der Waals surface area contributed by atoms with Gasteiger partial charge in [0.25, 0.3) is 0 Å². The molecule has 1 aliphatic carbocycles. The normalized spacial score (nSPS) is 17.6. The second-order valence-corrected chi connectivity index (χ2v) is 11.3. The molecule has 0 spiro atoms. The van der Waals surface area contributed by atoms with Crippen molar-refractivity contribution in [2.24, 2.45) is 0 Å². The van der Waals surface area contributed by atoms with Gasteiger partial charge in [-0.2, -0.15) is 0 Å². The maximum Gasteiger partial charge on any atom is 0.245 e. The Kier molecular flexibility index (Phi) is 8.73. The number of halogens is 6. The van der Waals surface area contributed by atoms with Crippen LogP contribution in [-0.4, -0.2) is 39.0 Å². The number of rotatable bonds is 8. The number of benzene rings is 2. The molecule has 1 saturated heterocycles. The number of hydrogen-bond donors (Lipinski definition) is 2. The van der Waals surface area contributed by atoms with E-state index in [1.807, 2.05) is 0 Å². The monoisotopic (exact) mass is 609 g/mol. The van der Waals surface area contributed by atoms with Crippen molar-refractivity contribution >= 4 is 35.4 Å². The van der Waals surface area contributed by atoms with Gasteiger partial charge in [-0.3, -0.25) is 20.2 Å². The fourth-order valence-corrected chi connectivity index (χ4v) is 6.22. The summed E-state index contributed by atoms with van der Waals surface area (Å²) in [4.78, 5) is 22.7. The highest BCUT2D eigenvalue weighted by Crippen LogP contribution is 2.39. The van der Waals surface area contributed by atoms with Crippen LogP contribution in [0.1, 0.15) is 61.4 Å². The molecule has 42 heavy (non-hydrogen) atoms. The summed E-state index contributed by atoms with van der Waals surface area (Å²) in [5.41, 5.74) is 7.28. The van der Waals surface area contributed by atoms with Gasteiger partial charge < -0.3 is 10.6 Å². The lowest BCUT2D eigenvalue weighted by Crippen LogP contribution is -2.54. The molecule has 7 nitrogen and oxygen atoms in total. The Morgan fingerprint density at radius 2 is 1.64 bits per heavy atom. The highest BCUT2D eigenvalue weighted by atomic mass is 32.2. The number of anilines is 2. The van der Waals surface area contributed by atoms with E-state index in [0.29, 0.717) is 5.69 Å². The van der Waals surface area contributed by atoms with Crippen molar-refractivity contribution < 1.29 is 36.5 Å². The molecule has 1 aromatic heterocycles. The van der Waals surface area contributed by atoms with Gasteiger partial charge in [-0.25, -0.2) is 30.6 Å². The maximum atomic E-state index is 15.3. The molecule has 1 saturated carbocycles. The topological polar surface area (TPSA) is 101 Å². The molecule has 2 aromatic carbocycles. The number of amides is 1. The maximum absolute atomic E-state index is 15.3. The smallest absolute Gasteiger partial charge is 0.245 e. The molecule has 1 aliphatic heterocycles. The van der Waals surface area contributed by atoms with Gasteiger partial charge in [0.05, 0.1) is 35.4 Å². The standard InChI is InChI=1S/C28H26F6N6OS/c29-17-8-15(10-35)18(36)9-21(17)39(13-16-11-38-19(12-37-16)14-4-2-1-3-5-14)28(41)20-6-7-40(20)42-27-25(33)23(31)22(30)24(32)26(27)34/h8-12,14,20,35H,1-7,13,36H2/p+1/t20-/m1/s1. The molecular weight excluding hydrogens is 582 g/mol. The third-order valence-corrected chi connectivity index (χ3v) is 8.80. The number of nitrogens with zero attached hydrogens (tertiary/aromatic N) is 4. The summed E-state index contributed by atoms with van der Waals surface area (Å²) in [7, 11) is 0. The zero-order chi connectivity index (χ0) is 30.1. The number of carbonyl (C=O) groups is 1. The molecule has 0 radical (unpaired) electrons. The first-order valence-electron chi connectivity index (χ1n) is 13.3. The molecule has 1 atom stereocenters. The Bertz CT molecular complexity index is 1490. The van der Waals surface area contributed by atoms with Gasteiger partial charge in [0.2, 0.25) is 11.7 Å². The lowest BCUT2D eigenvalue weighted by Gasteiger charge is -2.41. The van der Waals surface area contributed by atoms with Crippen molar-refractivity contribution in [2.75, 3.05) is 17.2 Å². The van der Waals surface area contributed by atoms with E-state index in [-0.39, 0.29) is 54.3 Å². The fourth-order valence-electron chi connectivity index (χ4n) is 5.13. The fraction of sp³-hybridized carbons (Fsp3) is 0.357. The van der Waals surface area contributed by atoms with Crippen molar-refractivity contribution in [3.63, 3.8) is 0 Å². The minimum atomic E-state index is -2.28. The van der Waals surface area contributed by atoms with Crippen LogP contribution in [0.2, 0.25) is 0 Å². The van der Waals surface area contributed by atoms with Crippen LogP contribution in [0.5, 0.6) is 0 Å². The summed E-state index contributed by atoms with van der Waals surface area (Å²) < 4.78 is 86.2. The van der Waals surface area contributed by atoms with E-state index in [9.17, 15) is 26.7 Å². The summed E-state index contributed by atoms with van der Waals surface area (Å²) in [5.74, 6) is -11.7. The minimum absolute atomic E-state index is 0.0895. The van der Waals surface area contributed by atoms with Crippen molar-refractivity contribution in [3.05, 3.63) is 76.4 Å². The highest BCUT2D eigenvalue weighted by molar-refractivity contribution is 7.97. The van der Waals surface area contributed by atoms with Gasteiger partial charge >= 0.3 is 0 Å². The zero-order valence-corrected chi connectivity index (χ0v) is 23.0. The Morgan fingerprint density at radius 3 is 2.21 bits per heavy atom. The minimum Gasteiger partial charge on any atom is -0.398 e. The Labute approximate surface area is 241 Å². The molecule has 5 rings (SSSR count). The molecule has 2 aliphatic rings. The first-order chi connectivity index (χ1) is 20.1. The van der Waals surface area contributed by atoms with E-state index in [0.717, 1.165) is 48.6 Å². The summed E-state index contributed by atoms with van der Waals surface area (Å²) in [5, 5.41) is 5.51. The molecule has 14 heteroatoms. The Balaban J connectivity index is 1.44. The molecule has 3 aromatic rings. The van der Waals surface area contributed by atoms with E-state index in [2.05, 4.69) is 9.97 Å². The van der Waals surface area contributed by atoms with Gasteiger partial charge in [-0.05, 0) is 43.3 Å².